The van der Waals surface area contributed by atoms with Gasteiger partial charge in [0.1, 0.15) is 5.82 Å². The lowest BCUT2D eigenvalue weighted by Crippen LogP contribution is -2.29. The van der Waals surface area contributed by atoms with Crippen LogP contribution in [0.5, 0.6) is 0 Å². The Kier molecular flexibility index (Phi) is 2.27. The Labute approximate surface area is 78.9 Å². The van der Waals surface area contributed by atoms with E-state index in [1.807, 2.05) is 6.20 Å². The number of hydrogen-bond acceptors (Lipinski definition) is 2. The Balaban J connectivity index is 2.02. The second-order valence-corrected chi connectivity index (χ2v) is 3.97. The first-order valence-electron chi connectivity index (χ1n) is 4.88. The summed E-state index contributed by atoms with van der Waals surface area (Å²) in [5, 5.41) is 0. The highest BCUT2D eigenvalue weighted by Crippen LogP contribution is 2.28. The van der Waals surface area contributed by atoms with Gasteiger partial charge in [0.05, 0.1) is 0 Å². The number of rotatable bonds is 1. The summed E-state index contributed by atoms with van der Waals surface area (Å²) in [7, 11) is 2.18. The summed E-state index contributed by atoms with van der Waals surface area (Å²) in [6, 6.07) is 2.07. The first-order valence-corrected chi connectivity index (χ1v) is 4.88. The molecule has 0 radical (unpaired) electrons. The molecule has 0 amide bonds. The summed E-state index contributed by atoms with van der Waals surface area (Å²) in [5.74, 6) is 1.50. The lowest BCUT2D eigenvalue weighted by molar-refractivity contribution is 0.255. The van der Waals surface area contributed by atoms with Crippen LogP contribution in [-0.4, -0.2) is 30.0 Å². The number of aromatic nitrogens is 1. The summed E-state index contributed by atoms with van der Waals surface area (Å²) in [4.78, 5) is 5.42. The molecule has 0 aliphatic carbocycles. The van der Waals surface area contributed by atoms with Crippen molar-refractivity contribution < 1.29 is 0 Å². The molecule has 3 N–H and O–H groups in total. The largest absolute Gasteiger partial charge is 0.385 e. The van der Waals surface area contributed by atoms with Crippen LogP contribution in [0.4, 0.5) is 5.82 Å². The van der Waals surface area contributed by atoms with Gasteiger partial charge >= 0.3 is 0 Å². The van der Waals surface area contributed by atoms with Crippen molar-refractivity contribution in [3.05, 3.63) is 17.8 Å². The van der Waals surface area contributed by atoms with E-state index in [-0.39, 0.29) is 0 Å². The number of nitrogens with one attached hydrogen (secondary N) is 1. The molecule has 0 saturated carbocycles. The maximum Gasteiger partial charge on any atom is 0.100 e. The lowest BCUT2D eigenvalue weighted by atomic mass is 9.91. The van der Waals surface area contributed by atoms with Crippen molar-refractivity contribution >= 4 is 5.82 Å². The third-order valence-electron chi connectivity index (χ3n) is 2.92. The van der Waals surface area contributed by atoms with Crippen LogP contribution in [0.2, 0.25) is 0 Å². The van der Waals surface area contributed by atoms with Gasteiger partial charge in [0, 0.05) is 6.20 Å². The molecular formula is C10H17N3. The van der Waals surface area contributed by atoms with E-state index >= 15 is 0 Å². The van der Waals surface area contributed by atoms with Crippen LogP contribution in [-0.2, 0) is 0 Å². The maximum atomic E-state index is 5.65. The van der Waals surface area contributed by atoms with Crippen LogP contribution in [0.3, 0.4) is 0 Å². The Morgan fingerprint density at radius 2 is 2.15 bits per heavy atom. The highest BCUT2D eigenvalue weighted by atomic mass is 15.1. The number of hydrogen-bond donors (Lipinski definition) is 2. The molecule has 13 heavy (non-hydrogen) atoms. The molecule has 0 bridgehead atoms. The standard InChI is InChI=1S/C10H17N3/c1-13-4-2-8(3-5-13)9-6-10(11)12-7-9/h6-8,12H,2-5,11H2,1H3. The second kappa shape index (κ2) is 3.42. The number of piperidine rings is 1. The van der Waals surface area contributed by atoms with Crippen molar-refractivity contribution in [2.45, 2.75) is 18.8 Å². The van der Waals surface area contributed by atoms with Crippen molar-refractivity contribution in [2.75, 3.05) is 25.9 Å². The fourth-order valence-corrected chi connectivity index (χ4v) is 2.01. The van der Waals surface area contributed by atoms with Crippen molar-refractivity contribution in [3.63, 3.8) is 0 Å². The highest BCUT2D eigenvalue weighted by molar-refractivity contribution is 5.35. The van der Waals surface area contributed by atoms with E-state index in [2.05, 4.69) is 23.0 Å². The molecule has 3 nitrogen and oxygen atoms in total. The van der Waals surface area contributed by atoms with Gasteiger partial charge in [-0.1, -0.05) is 0 Å². The zero-order valence-electron chi connectivity index (χ0n) is 8.09. The van der Waals surface area contributed by atoms with Gasteiger partial charge in [-0.15, -0.1) is 0 Å². The van der Waals surface area contributed by atoms with Gasteiger partial charge < -0.3 is 15.6 Å². The fourth-order valence-electron chi connectivity index (χ4n) is 2.01. The Hall–Kier alpha value is -0.960. The molecule has 1 aromatic rings. The number of nitrogens with two attached hydrogens (primary N) is 1. The van der Waals surface area contributed by atoms with Crippen LogP contribution < -0.4 is 5.73 Å². The first kappa shape index (κ1) is 8.63. The van der Waals surface area contributed by atoms with Gasteiger partial charge in [0.15, 0.2) is 0 Å². The van der Waals surface area contributed by atoms with E-state index in [4.69, 9.17) is 5.73 Å². The summed E-state index contributed by atoms with van der Waals surface area (Å²) in [6.45, 7) is 2.41. The van der Waals surface area contributed by atoms with E-state index < -0.39 is 0 Å². The van der Waals surface area contributed by atoms with E-state index in [0.717, 1.165) is 5.82 Å². The van der Waals surface area contributed by atoms with E-state index in [1.165, 1.54) is 31.5 Å². The van der Waals surface area contributed by atoms with Crippen molar-refractivity contribution in [2.24, 2.45) is 0 Å². The van der Waals surface area contributed by atoms with Gasteiger partial charge in [0.25, 0.3) is 0 Å². The maximum absolute atomic E-state index is 5.65. The quantitative estimate of drug-likeness (QED) is 0.684. The number of likely N-dealkylation sites (tertiary alicyclic amines) is 1. The molecule has 3 heteroatoms. The molecular weight excluding hydrogens is 162 g/mol. The average molecular weight is 179 g/mol. The molecule has 0 spiro atoms. The van der Waals surface area contributed by atoms with E-state index in [9.17, 15) is 0 Å². The first-order chi connectivity index (χ1) is 6.25. The van der Waals surface area contributed by atoms with Gasteiger partial charge in [-0.2, -0.15) is 0 Å². The molecule has 2 rings (SSSR count). The predicted octanol–water partition coefficient (Wildman–Crippen LogP) is 1.41. The summed E-state index contributed by atoms with van der Waals surface area (Å²) in [6.07, 6.45) is 4.56. The number of anilines is 1. The minimum Gasteiger partial charge on any atom is -0.385 e. The number of aromatic amines is 1. The molecule has 72 valence electrons. The molecule has 1 fully saturated rings. The fraction of sp³-hybridized carbons (Fsp3) is 0.600. The van der Waals surface area contributed by atoms with Crippen LogP contribution in [0.1, 0.15) is 24.3 Å². The number of nitrogen functional groups attached to an aromatic ring is 1. The zero-order valence-corrected chi connectivity index (χ0v) is 8.09. The molecule has 1 saturated heterocycles. The molecule has 1 aromatic heterocycles. The van der Waals surface area contributed by atoms with Crippen molar-refractivity contribution in [1.29, 1.82) is 0 Å². The summed E-state index contributed by atoms with van der Waals surface area (Å²) in [5.41, 5.74) is 7.03. The van der Waals surface area contributed by atoms with Gasteiger partial charge in [-0.3, -0.25) is 0 Å². The van der Waals surface area contributed by atoms with Crippen LogP contribution in [0, 0.1) is 0 Å². The van der Waals surface area contributed by atoms with E-state index in [1.54, 1.807) is 0 Å². The topological polar surface area (TPSA) is 45.0 Å². The Bertz CT molecular complexity index is 271. The van der Waals surface area contributed by atoms with Gasteiger partial charge in [0.2, 0.25) is 0 Å². The van der Waals surface area contributed by atoms with Gasteiger partial charge in [-0.05, 0) is 50.5 Å². The Morgan fingerprint density at radius 3 is 2.69 bits per heavy atom. The SMILES string of the molecule is CN1CCC(c2c[nH]c(N)c2)CC1. The minimum atomic E-state index is 0.713. The molecule has 0 unspecified atom stereocenters. The van der Waals surface area contributed by atoms with Gasteiger partial charge in [-0.25, -0.2) is 0 Å². The molecule has 0 aromatic carbocycles. The third kappa shape index (κ3) is 1.86. The van der Waals surface area contributed by atoms with Crippen LogP contribution >= 0.6 is 0 Å². The molecule has 1 aliphatic heterocycles. The zero-order chi connectivity index (χ0) is 9.26. The molecule has 2 heterocycles. The molecule has 0 atom stereocenters. The summed E-state index contributed by atoms with van der Waals surface area (Å²) >= 11 is 0. The monoisotopic (exact) mass is 179 g/mol. The lowest BCUT2D eigenvalue weighted by Gasteiger charge is -2.28. The van der Waals surface area contributed by atoms with E-state index in [0.29, 0.717) is 5.92 Å². The second-order valence-electron chi connectivity index (χ2n) is 3.97. The normalized spacial score (nSPS) is 20.7. The smallest absolute Gasteiger partial charge is 0.100 e. The predicted molar refractivity (Wildman–Crippen MR) is 54.7 cm³/mol. The molecule has 1 aliphatic rings. The third-order valence-corrected chi connectivity index (χ3v) is 2.92. The van der Waals surface area contributed by atoms with Crippen molar-refractivity contribution in [3.8, 4) is 0 Å². The minimum absolute atomic E-state index is 0.713. The average Bonchev–Trinajstić information content (AvgIpc) is 2.53. The van der Waals surface area contributed by atoms with Crippen LogP contribution in [0.15, 0.2) is 12.3 Å². The Morgan fingerprint density at radius 1 is 1.46 bits per heavy atom. The number of nitrogens with zero attached hydrogens (tertiary/aromatic N) is 1. The number of H-pyrrole nitrogens is 1. The highest BCUT2D eigenvalue weighted by Gasteiger charge is 2.18. The van der Waals surface area contributed by atoms with Crippen LogP contribution in [0.25, 0.3) is 0 Å². The van der Waals surface area contributed by atoms with Crippen molar-refractivity contribution in [1.82, 2.24) is 9.88 Å². The summed E-state index contributed by atoms with van der Waals surface area (Å²) < 4.78 is 0.